The van der Waals surface area contributed by atoms with Gasteiger partial charge in [0.1, 0.15) is 11.6 Å². The van der Waals surface area contributed by atoms with E-state index in [9.17, 15) is 0 Å². The first-order valence-electron chi connectivity index (χ1n) is 5.18. The van der Waals surface area contributed by atoms with Gasteiger partial charge < -0.3 is 10.1 Å². The summed E-state index contributed by atoms with van der Waals surface area (Å²) in [5, 5.41) is 3.04. The minimum absolute atomic E-state index is 0.0756. The Bertz CT molecular complexity index is 474. The summed E-state index contributed by atoms with van der Waals surface area (Å²) < 4.78 is 5.62. The molecule has 0 aliphatic rings. The summed E-state index contributed by atoms with van der Waals surface area (Å²) in [5.74, 6) is 0.579. The maximum absolute atomic E-state index is 5.62. The zero-order valence-electron chi connectivity index (χ0n) is 9.34. The number of rotatable bonds is 4. The molecule has 2 aromatic rings. The molecule has 0 amide bonds. The molecule has 0 spiro atoms. The van der Waals surface area contributed by atoms with Crippen molar-refractivity contribution >= 4 is 11.2 Å². The normalized spacial score (nSPS) is 12.6. The van der Waals surface area contributed by atoms with Crippen molar-refractivity contribution in [3.8, 4) is 5.88 Å². The molecule has 2 heterocycles. The predicted octanol–water partition coefficient (Wildman–Crippen LogP) is 1.01. The molecule has 84 valence electrons. The minimum atomic E-state index is 0.0756. The zero-order chi connectivity index (χ0) is 11.4. The first-order valence-corrected chi connectivity index (χ1v) is 5.18. The quantitative estimate of drug-likeness (QED) is 0.830. The van der Waals surface area contributed by atoms with Crippen LogP contribution in [0.15, 0.2) is 24.5 Å². The number of hydrogen-bond donors (Lipinski definition) is 1. The van der Waals surface area contributed by atoms with E-state index in [1.165, 1.54) is 0 Å². The molecular formula is C11H14N4O. The molecule has 1 atom stereocenters. The third kappa shape index (κ3) is 2.43. The van der Waals surface area contributed by atoms with Crippen molar-refractivity contribution in [2.24, 2.45) is 0 Å². The number of nitrogens with zero attached hydrogens (tertiary/aromatic N) is 3. The van der Waals surface area contributed by atoms with Gasteiger partial charge in [0.2, 0.25) is 5.88 Å². The van der Waals surface area contributed by atoms with Crippen LogP contribution in [0.2, 0.25) is 0 Å². The van der Waals surface area contributed by atoms with Gasteiger partial charge in [-0.3, -0.25) is 4.98 Å². The Kier molecular flexibility index (Phi) is 3.26. The van der Waals surface area contributed by atoms with Crippen molar-refractivity contribution in [1.82, 2.24) is 20.3 Å². The Morgan fingerprint density at radius 2 is 2.12 bits per heavy atom. The lowest BCUT2D eigenvalue weighted by atomic mass is 10.4. The standard InChI is InChI=1S/C11H14N4O/c1-8(7-12-2)16-10-4-3-9-11(15-10)14-6-5-13-9/h3-6,8,12H,7H2,1-2H3. The maximum atomic E-state index is 5.62. The van der Waals surface area contributed by atoms with Gasteiger partial charge in [-0.2, -0.15) is 4.98 Å². The average Bonchev–Trinajstić information content (AvgIpc) is 2.29. The molecule has 0 saturated carbocycles. The summed E-state index contributed by atoms with van der Waals surface area (Å²) in [6, 6.07) is 3.67. The van der Waals surface area contributed by atoms with Crippen molar-refractivity contribution in [3.63, 3.8) is 0 Å². The Hall–Kier alpha value is -1.75. The van der Waals surface area contributed by atoms with Crippen LogP contribution in [0.4, 0.5) is 0 Å². The second kappa shape index (κ2) is 4.85. The van der Waals surface area contributed by atoms with E-state index in [4.69, 9.17) is 4.74 Å². The number of likely N-dealkylation sites (N-methyl/N-ethyl adjacent to an activating group) is 1. The van der Waals surface area contributed by atoms with Crippen LogP contribution in [0.5, 0.6) is 5.88 Å². The van der Waals surface area contributed by atoms with E-state index in [-0.39, 0.29) is 6.10 Å². The Morgan fingerprint density at radius 3 is 2.94 bits per heavy atom. The van der Waals surface area contributed by atoms with Gasteiger partial charge in [-0.25, -0.2) is 4.98 Å². The highest BCUT2D eigenvalue weighted by Gasteiger charge is 2.05. The van der Waals surface area contributed by atoms with E-state index in [0.29, 0.717) is 11.5 Å². The van der Waals surface area contributed by atoms with Gasteiger partial charge in [-0.15, -0.1) is 0 Å². The van der Waals surface area contributed by atoms with Crippen LogP contribution in [-0.2, 0) is 0 Å². The van der Waals surface area contributed by atoms with Crippen LogP contribution in [0.3, 0.4) is 0 Å². The Balaban J connectivity index is 2.19. The van der Waals surface area contributed by atoms with Gasteiger partial charge in [0.25, 0.3) is 0 Å². The van der Waals surface area contributed by atoms with Gasteiger partial charge in [0.05, 0.1) is 0 Å². The molecule has 0 radical (unpaired) electrons. The molecular weight excluding hydrogens is 204 g/mol. The first-order chi connectivity index (χ1) is 7.79. The van der Waals surface area contributed by atoms with Crippen molar-refractivity contribution < 1.29 is 4.74 Å². The van der Waals surface area contributed by atoms with Crippen LogP contribution in [0, 0.1) is 0 Å². The zero-order valence-corrected chi connectivity index (χ0v) is 9.34. The van der Waals surface area contributed by atoms with E-state index in [2.05, 4.69) is 20.3 Å². The SMILES string of the molecule is CNCC(C)Oc1ccc2nccnc2n1. The van der Waals surface area contributed by atoms with Crippen LogP contribution >= 0.6 is 0 Å². The molecule has 5 heteroatoms. The highest BCUT2D eigenvalue weighted by Crippen LogP contribution is 2.13. The van der Waals surface area contributed by atoms with Gasteiger partial charge >= 0.3 is 0 Å². The van der Waals surface area contributed by atoms with Gasteiger partial charge in [0.15, 0.2) is 5.65 Å². The monoisotopic (exact) mass is 218 g/mol. The summed E-state index contributed by atoms with van der Waals surface area (Å²) in [5.41, 5.74) is 1.38. The number of fused-ring (bicyclic) bond motifs is 1. The van der Waals surface area contributed by atoms with Gasteiger partial charge in [-0.1, -0.05) is 0 Å². The Morgan fingerprint density at radius 1 is 1.31 bits per heavy atom. The number of ether oxygens (including phenoxy) is 1. The fourth-order valence-electron chi connectivity index (χ4n) is 1.44. The highest BCUT2D eigenvalue weighted by atomic mass is 16.5. The average molecular weight is 218 g/mol. The summed E-state index contributed by atoms with van der Waals surface area (Å²) >= 11 is 0. The molecule has 0 saturated heterocycles. The number of aromatic nitrogens is 3. The maximum Gasteiger partial charge on any atom is 0.215 e. The lowest BCUT2D eigenvalue weighted by Gasteiger charge is -2.12. The van der Waals surface area contributed by atoms with Crippen LogP contribution in [-0.4, -0.2) is 34.6 Å². The predicted molar refractivity (Wildman–Crippen MR) is 61.3 cm³/mol. The number of nitrogens with one attached hydrogen (secondary N) is 1. The fraction of sp³-hybridized carbons (Fsp3) is 0.364. The second-order valence-corrected chi connectivity index (χ2v) is 3.53. The van der Waals surface area contributed by atoms with E-state index in [0.717, 1.165) is 12.1 Å². The van der Waals surface area contributed by atoms with Gasteiger partial charge in [0, 0.05) is 25.0 Å². The molecule has 0 aromatic carbocycles. The molecule has 2 aromatic heterocycles. The molecule has 0 bridgehead atoms. The summed E-state index contributed by atoms with van der Waals surface area (Å²) in [6.45, 7) is 2.76. The summed E-state index contributed by atoms with van der Waals surface area (Å²) in [7, 11) is 1.89. The summed E-state index contributed by atoms with van der Waals surface area (Å²) in [4.78, 5) is 12.5. The molecule has 0 aliphatic heterocycles. The van der Waals surface area contributed by atoms with E-state index in [1.54, 1.807) is 12.4 Å². The molecule has 1 unspecified atom stereocenters. The molecule has 2 rings (SSSR count). The number of hydrogen-bond acceptors (Lipinski definition) is 5. The fourth-order valence-corrected chi connectivity index (χ4v) is 1.44. The molecule has 0 fully saturated rings. The van der Waals surface area contributed by atoms with E-state index >= 15 is 0 Å². The lowest BCUT2D eigenvalue weighted by Crippen LogP contribution is -2.26. The molecule has 16 heavy (non-hydrogen) atoms. The first kappa shape index (κ1) is 10.8. The van der Waals surface area contributed by atoms with Crippen molar-refractivity contribution in [1.29, 1.82) is 0 Å². The van der Waals surface area contributed by atoms with Crippen molar-refractivity contribution in [2.75, 3.05) is 13.6 Å². The summed E-state index contributed by atoms with van der Waals surface area (Å²) in [6.07, 6.45) is 3.34. The third-order valence-electron chi connectivity index (χ3n) is 2.12. The van der Waals surface area contributed by atoms with E-state index < -0.39 is 0 Å². The largest absolute Gasteiger partial charge is 0.473 e. The van der Waals surface area contributed by atoms with Crippen molar-refractivity contribution in [3.05, 3.63) is 24.5 Å². The smallest absolute Gasteiger partial charge is 0.215 e. The van der Waals surface area contributed by atoms with Gasteiger partial charge in [-0.05, 0) is 20.0 Å². The Labute approximate surface area is 93.9 Å². The highest BCUT2D eigenvalue weighted by molar-refractivity contribution is 5.69. The second-order valence-electron chi connectivity index (χ2n) is 3.53. The van der Waals surface area contributed by atoms with Crippen LogP contribution < -0.4 is 10.1 Å². The topological polar surface area (TPSA) is 59.9 Å². The van der Waals surface area contributed by atoms with Crippen LogP contribution in [0.1, 0.15) is 6.92 Å². The number of pyridine rings is 1. The lowest BCUT2D eigenvalue weighted by molar-refractivity contribution is 0.212. The molecule has 0 aliphatic carbocycles. The third-order valence-corrected chi connectivity index (χ3v) is 2.12. The molecule has 1 N–H and O–H groups in total. The van der Waals surface area contributed by atoms with Crippen molar-refractivity contribution in [2.45, 2.75) is 13.0 Å². The van der Waals surface area contributed by atoms with E-state index in [1.807, 2.05) is 26.1 Å². The minimum Gasteiger partial charge on any atom is -0.473 e. The molecule has 5 nitrogen and oxygen atoms in total. The van der Waals surface area contributed by atoms with Crippen LogP contribution in [0.25, 0.3) is 11.2 Å².